The van der Waals surface area contributed by atoms with Gasteiger partial charge in [0, 0.05) is 22.8 Å². The second-order valence-corrected chi connectivity index (χ2v) is 5.84. The van der Waals surface area contributed by atoms with Gasteiger partial charge >= 0.3 is 0 Å². The molecule has 2 unspecified atom stereocenters. The average Bonchev–Trinajstić information content (AvgIpc) is 3.15. The molecule has 0 radical (unpaired) electrons. The van der Waals surface area contributed by atoms with Crippen molar-refractivity contribution in [3.05, 3.63) is 70.6 Å². The van der Waals surface area contributed by atoms with Crippen molar-refractivity contribution in [2.45, 2.75) is 18.4 Å². The molecule has 110 valence electrons. The second-order valence-electron chi connectivity index (χ2n) is 5.43. The van der Waals surface area contributed by atoms with Crippen molar-refractivity contribution in [1.82, 2.24) is 4.57 Å². The van der Waals surface area contributed by atoms with Crippen LogP contribution in [0, 0.1) is 0 Å². The van der Waals surface area contributed by atoms with Crippen molar-refractivity contribution in [2.24, 2.45) is 9.98 Å². The molecule has 2 aromatic rings. The van der Waals surface area contributed by atoms with E-state index < -0.39 is 6.10 Å². The number of aliphatic imine (C=N–C) groups is 2. The molecule has 4 rings (SSSR count). The van der Waals surface area contributed by atoms with Crippen LogP contribution in [0.4, 0.5) is 0 Å². The normalized spacial score (nSPS) is 20.2. The van der Waals surface area contributed by atoms with E-state index in [1.165, 1.54) is 0 Å². The van der Waals surface area contributed by atoms with Crippen molar-refractivity contribution in [1.29, 1.82) is 0 Å². The number of allylic oxidation sites excluding steroid dienone is 2. The first kappa shape index (κ1) is 13.5. The number of benzene rings is 1. The zero-order chi connectivity index (χ0) is 15.1. The van der Waals surface area contributed by atoms with E-state index in [-0.39, 0.29) is 5.92 Å². The molecule has 0 saturated heterocycles. The SMILES string of the molecule is OC(CC1C=C2N=CN=C2n2cccc21)c1ccccc1Cl. The third-order valence-electron chi connectivity index (χ3n) is 4.09. The monoisotopic (exact) mass is 311 g/mol. The Morgan fingerprint density at radius 3 is 2.95 bits per heavy atom. The van der Waals surface area contributed by atoms with Gasteiger partial charge in [-0.15, -0.1) is 0 Å². The number of aromatic nitrogens is 1. The molecule has 4 nitrogen and oxygen atoms in total. The lowest BCUT2D eigenvalue weighted by molar-refractivity contribution is 0.162. The quantitative estimate of drug-likeness (QED) is 0.926. The molecule has 1 aromatic heterocycles. The molecule has 2 aliphatic rings. The van der Waals surface area contributed by atoms with Crippen molar-refractivity contribution in [3.63, 3.8) is 0 Å². The molecule has 2 aliphatic heterocycles. The van der Waals surface area contributed by atoms with Gasteiger partial charge < -0.3 is 9.67 Å². The van der Waals surface area contributed by atoms with Crippen LogP contribution in [0.3, 0.4) is 0 Å². The Morgan fingerprint density at radius 1 is 1.23 bits per heavy atom. The summed E-state index contributed by atoms with van der Waals surface area (Å²) in [7, 11) is 0. The summed E-state index contributed by atoms with van der Waals surface area (Å²) in [5, 5.41) is 11.2. The molecule has 0 spiro atoms. The maximum absolute atomic E-state index is 10.6. The first-order valence-electron chi connectivity index (χ1n) is 7.16. The summed E-state index contributed by atoms with van der Waals surface area (Å²) < 4.78 is 2.03. The minimum absolute atomic E-state index is 0.0745. The Balaban J connectivity index is 1.66. The Kier molecular flexibility index (Phi) is 3.21. The minimum Gasteiger partial charge on any atom is -0.388 e. The fraction of sp³-hybridized carbons (Fsp3) is 0.176. The summed E-state index contributed by atoms with van der Waals surface area (Å²) in [6.45, 7) is 0. The molecule has 0 saturated carbocycles. The fourth-order valence-electron chi connectivity index (χ4n) is 3.04. The highest BCUT2D eigenvalue weighted by Crippen LogP contribution is 2.36. The van der Waals surface area contributed by atoms with Gasteiger partial charge in [-0.3, -0.25) is 0 Å². The van der Waals surface area contributed by atoms with Crippen LogP contribution in [-0.4, -0.2) is 21.8 Å². The molecule has 0 fully saturated rings. The van der Waals surface area contributed by atoms with Gasteiger partial charge in [0.05, 0.1) is 6.10 Å². The van der Waals surface area contributed by atoms with Gasteiger partial charge in [-0.05, 0) is 36.3 Å². The zero-order valence-electron chi connectivity index (χ0n) is 11.7. The van der Waals surface area contributed by atoms with E-state index in [0.29, 0.717) is 11.4 Å². The van der Waals surface area contributed by atoms with E-state index in [2.05, 4.69) is 22.1 Å². The van der Waals surface area contributed by atoms with Crippen LogP contribution in [-0.2, 0) is 0 Å². The van der Waals surface area contributed by atoms with E-state index >= 15 is 0 Å². The Bertz CT molecular complexity index is 819. The van der Waals surface area contributed by atoms with Crippen molar-refractivity contribution in [3.8, 4) is 0 Å². The third-order valence-corrected chi connectivity index (χ3v) is 4.44. The van der Waals surface area contributed by atoms with Gasteiger partial charge in [0.2, 0.25) is 0 Å². The summed E-state index contributed by atoms with van der Waals surface area (Å²) >= 11 is 6.18. The van der Waals surface area contributed by atoms with Gasteiger partial charge in [0.15, 0.2) is 5.84 Å². The number of halogens is 1. The molecule has 3 heterocycles. The molecule has 1 aromatic carbocycles. The fourth-order valence-corrected chi connectivity index (χ4v) is 3.30. The molecule has 22 heavy (non-hydrogen) atoms. The lowest BCUT2D eigenvalue weighted by atomic mass is 9.91. The highest BCUT2D eigenvalue weighted by molar-refractivity contribution is 6.31. The van der Waals surface area contributed by atoms with Gasteiger partial charge in [-0.25, -0.2) is 9.98 Å². The van der Waals surface area contributed by atoms with Gasteiger partial charge in [-0.2, -0.15) is 0 Å². The standard InChI is InChI=1S/C17H14ClN3O/c18-13-5-2-1-4-12(13)16(22)9-11-8-14-17(20-10-19-14)21-7-3-6-15(11)21/h1-8,10-11,16,22H,9H2. The summed E-state index contributed by atoms with van der Waals surface area (Å²) in [5.74, 6) is 0.925. The Hall–Kier alpha value is -2.17. The van der Waals surface area contributed by atoms with Crippen molar-refractivity contribution >= 4 is 23.8 Å². The van der Waals surface area contributed by atoms with E-state index in [9.17, 15) is 5.11 Å². The van der Waals surface area contributed by atoms with Crippen LogP contribution in [0.15, 0.2) is 64.4 Å². The average molecular weight is 312 g/mol. The predicted molar refractivity (Wildman–Crippen MR) is 87.6 cm³/mol. The predicted octanol–water partition coefficient (Wildman–Crippen LogP) is 3.53. The maximum atomic E-state index is 10.6. The second kappa shape index (κ2) is 5.23. The zero-order valence-corrected chi connectivity index (χ0v) is 12.5. The summed E-state index contributed by atoms with van der Waals surface area (Å²) in [6, 6.07) is 11.5. The Labute approximate surface area is 133 Å². The van der Waals surface area contributed by atoms with Crippen LogP contribution in [0.2, 0.25) is 5.02 Å². The number of fused-ring (bicyclic) bond motifs is 3. The van der Waals surface area contributed by atoms with E-state index in [1.807, 2.05) is 35.0 Å². The summed E-state index contributed by atoms with van der Waals surface area (Å²) in [4.78, 5) is 8.58. The lowest BCUT2D eigenvalue weighted by Gasteiger charge is -2.24. The smallest absolute Gasteiger partial charge is 0.164 e. The highest BCUT2D eigenvalue weighted by Gasteiger charge is 2.28. The topological polar surface area (TPSA) is 49.9 Å². The van der Waals surface area contributed by atoms with Crippen LogP contribution in [0.5, 0.6) is 0 Å². The molecule has 0 aliphatic carbocycles. The number of aliphatic hydroxyl groups excluding tert-OH is 1. The summed E-state index contributed by atoms with van der Waals surface area (Å²) in [5.41, 5.74) is 2.73. The van der Waals surface area contributed by atoms with E-state index in [1.54, 1.807) is 12.4 Å². The molecular weight excluding hydrogens is 298 g/mol. The number of hydrogen-bond acceptors (Lipinski definition) is 3. The van der Waals surface area contributed by atoms with Gasteiger partial charge in [0.25, 0.3) is 0 Å². The molecule has 0 bridgehead atoms. The molecule has 2 atom stereocenters. The van der Waals surface area contributed by atoms with Crippen LogP contribution in [0.25, 0.3) is 0 Å². The van der Waals surface area contributed by atoms with E-state index in [0.717, 1.165) is 22.8 Å². The number of aliphatic hydroxyl groups is 1. The van der Waals surface area contributed by atoms with Gasteiger partial charge in [0.1, 0.15) is 12.0 Å². The first-order chi connectivity index (χ1) is 10.7. The molecule has 5 heteroatoms. The first-order valence-corrected chi connectivity index (χ1v) is 7.54. The third kappa shape index (κ3) is 2.12. The maximum Gasteiger partial charge on any atom is 0.164 e. The number of nitrogens with zero attached hydrogens (tertiary/aromatic N) is 3. The largest absolute Gasteiger partial charge is 0.388 e. The lowest BCUT2D eigenvalue weighted by Crippen LogP contribution is -2.22. The minimum atomic E-state index is -0.622. The van der Waals surface area contributed by atoms with Crippen LogP contribution >= 0.6 is 11.6 Å². The van der Waals surface area contributed by atoms with Crippen LogP contribution < -0.4 is 0 Å². The summed E-state index contributed by atoms with van der Waals surface area (Å²) in [6.07, 6.45) is 5.54. The van der Waals surface area contributed by atoms with E-state index in [4.69, 9.17) is 11.6 Å². The van der Waals surface area contributed by atoms with Gasteiger partial charge in [-0.1, -0.05) is 29.8 Å². The van der Waals surface area contributed by atoms with Crippen molar-refractivity contribution < 1.29 is 5.11 Å². The Morgan fingerprint density at radius 2 is 2.09 bits per heavy atom. The molecule has 1 N–H and O–H groups in total. The number of hydrogen-bond donors (Lipinski definition) is 1. The molecular formula is C17H14ClN3O. The highest BCUT2D eigenvalue weighted by atomic mass is 35.5. The van der Waals surface area contributed by atoms with Crippen molar-refractivity contribution in [2.75, 3.05) is 0 Å². The number of rotatable bonds is 3. The van der Waals surface area contributed by atoms with Crippen LogP contribution in [0.1, 0.15) is 29.7 Å². The molecule has 0 amide bonds.